The maximum Gasteiger partial charge on any atom is 0.188 e. The quantitative estimate of drug-likeness (QED) is 0.670. The van der Waals surface area contributed by atoms with Gasteiger partial charge in [-0.15, -0.1) is 0 Å². The summed E-state index contributed by atoms with van der Waals surface area (Å²) in [5.74, 6) is 0.0900. The fourth-order valence-corrected chi connectivity index (χ4v) is 1.72. The van der Waals surface area contributed by atoms with E-state index in [9.17, 15) is 9.18 Å². The van der Waals surface area contributed by atoms with Gasteiger partial charge in [0.25, 0.3) is 0 Å². The Morgan fingerprint density at radius 1 is 1.45 bits per heavy atom. The summed E-state index contributed by atoms with van der Waals surface area (Å²) >= 11 is 0. The number of anilines is 2. The standard InChI is InChI=1S/C15H13FN2O2/c1-3-13(19)11-5-4-8-17-15(11)18-12-9-10(16)6-7-14(12)20-2/h3-9H,1H2,2H3,(H,17,18). The number of nitrogens with one attached hydrogen (secondary N) is 1. The summed E-state index contributed by atoms with van der Waals surface area (Å²) in [5.41, 5.74) is 0.748. The Bertz CT molecular complexity index is 656. The van der Waals surface area contributed by atoms with Gasteiger partial charge in [0.15, 0.2) is 5.78 Å². The van der Waals surface area contributed by atoms with Crippen LogP contribution in [0.1, 0.15) is 10.4 Å². The molecule has 2 aromatic rings. The van der Waals surface area contributed by atoms with E-state index in [0.29, 0.717) is 22.8 Å². The first-order chi connectivity index (χ1) is 9.65. The van der Waals surface area contributed by atoms with Crippen LogP contribution in [0.2, 0.25) is 0 Å². The summed E-state index contributed by atoms with van der Waals surface area (Å²) in [6.45, 7) is 3.44. The van der Waals surface area contributed by atoms with Gasteiger partial charge >= 0.3 is 0 Å². The van der Waals surface area contributed by atoms with Crippen molar-refractivity contribution in [1.29, 1.82) is 0 Å². The SMILES string of the molecule is C=CC(=O)c1cccnc1Nc1cc(F)ccc1OC. The number of hydrogen-bond donors (Lipinski definition) is 1. The van der Waals surface area contributed by atoms with Crippen molar-refractivity contribution in [2.24, 2.45) is 0 Å². The number of halogens is 1. The Morgan fingerprint density at radius 3 is 2.95 bits per heavy atom. The van der Waals surface area contributed by atoms with Gasteiger partial charge in [-0.25, -0.2) is 9.37 Å². The van der Waals surface area contributed by atoms with Crippen molar-refractivity contribution in [2.75, 3.05) is 12.4 Å². The van der Waals surface area contributed by atoms with Gasteiger partial charge in [0.05, 0.1) is 18.4 Å². The first-order valence-electron chi connectivity index (χ1n) is 5.88. The molecule has 0 bridgehead atoms. The number of nitrogens with zero attached hydrogens (tertiary/aromatic N) is 1. The zero-order chi connectivity index (χ0) is 14.5. The van der Waals surface area contributed by atoms with E-state index in [0.717, 1.165) is 0 Å². The largest absolute Gasteiger partial charge is 0.495 e. The smallest absolute Gasteiger partial charge is 0.188 e. The Kier molecular flexibility index (Phi) is 4.10. The lowest BCUT2D eigenvalue weighted by molar-refractivity contribution is 0.104. The molecule has 1 aromatic heterocycles. The van der Waals surface area contributed by atoms with Crippen LogP contribution in [0.3, 0.4) is 0 Å². The van der Waals surface area contributed by atoms with Crippen LogP contribution in [0, 0.1) is 5.82 Å². The Labute approximate surface area is 115 Å². The predicted octanol–water partition coefficient (Wildman–Crippen LogP) is 3.34. The van der Waals surface area contributed by atoms with E-state index in [1.165, 1.54) is 37.6 Å². The highest BCUT2D eigenvalue weighted by molar-refractivity contribution is 6.07. The Hall–Kier alpha value is -2.69. The molecule has 0 saturated heterocycles. The summed E-state index contributed by atoms with van der Waals surface area (Å²) in [6, 6.07) is 7.32. The Morgan fingerprint density at radius 2 is 2.25 bits per heavy atom. The van der Waals surface area contributed by atoms with E-state index in [1.54, 1.807) is 12.1 Å². The van der Waals surface area contributed by atoms with E-state index >= 15 is 0 Å². The van der Waals surface area contributed by atoms with Crippen molar-refractivity contribution in [3.05, 3.63) is 60.6 Å². The lowest BCUT2D eigenvalue weighted by Gasteiger charge is -2.12. The maximum absolute atomic E-state index is 13.3. The number of ether oxygens (including phenoxy) is 1. The third-order valence-corrected chi connectivity index (χ3v) is 2.67. The highest BCUT2D eigenvalue weighted by atomic mass is 19.1. The average Bonchev–Trinajstić information content (AvgIpc) is 2.47. The first kappa shape index (κ1) is 13.7. The molecule has 1 heterocycles. The third-order valence-electron chi connectivity index (χ3n) is 2.67. The highest BCUT2D eigenvalue weighted by Gasteiger charge is 2.12. The van der Waals surface area contributed by atoms with Crippen LogP contribution >= 0.6 is 0 Å². The van der Waals surface area contributed by atoms with Crippen molar-refractivity contribution in [3.63, 3.8) is 0 Å². The second kappa shape index (κ2) is 5.97. The maximum atomic E-state index is 13.3. The normalized spacial score (nSPS) is 9.90. The molecular formula is C15H13FN2O2. The number of carbonyl (C=O) groups excluding carboxylic acids is 1. The summed E-state index contributed by atoms with van der Waals surface area (Å²) in [6.07, 6.45) is 2.74. The molecule has 0 fully saturated rings. The van der Waals surface area contributed by atoms with Gasteiger partial charge in [-0.1, -0.05) is 6.58 Å². The van der Waals surface area contributed by atoms with Crippen LogP contribution in [-0.2, 0) is 0 Å². The summed E-state index contributed by atoms with van der Waals surface area (Å²) in [7, 11) is 1.48. The van der Waals surface area contributed by atoms with Gasteiger partial charge in [-0.2, -0.15) is 0 Å². The van der Waals surface area contributed by atoms with E-state index < -0.39 is 5.82 Å². The number of allylic oxidation sites excluding steroid dienone is 1. The zero-order valence-electron chi connectivity index (χ0n) is 10.9. The lowest BCUT2D eigenvalue weighted by atomic mass is 10.1. The molecule has 102 valence electrons. The molecule has 4 nitrogen and oxygen atoms in total. The number of rotatable bonds is 5. The van der Waals surface area contributed by atoms with Crippen molar-refractivity contribution in [2.45, 2.75) is 0 Å². The number of pyridine rings is 1. The number of methoxy groups -OCH3 is 1. The molecule has 5 heteroatoms. The van der Waals surface area contributed by atoms with E-state index in [2.05, 4.69) is 16.9 Å². The molecule has 0 radical (unpaired) electrons. The fraction of sp³-hybridized carbons (Fsp3) is 0.0667. The van der Waals surface area contributed by atoms with Crippen molar-refractivity contribution in [1.82, 2.24) is 4.98 Å². The van der Waals surface area contributed by atoms with Gasteiger partial charge in [-0.05, 0) is 30.3 Å². The van der Waals surface area contributed by atoms with Crippen molar-refractivity contribution >= 4 is 17.3 Å². The molecule has 0 atom stereocenters. The molecule has 0 aliphatic carbocycles. The molecular weight excluding hydrogens is 259 g/mol. The van der Waals surface area contributed by atoms with Gasteiger partial charge in [0, 0.05) is 12.3 Å². The molecule has 0 aliphatic rings. The molecule has 1 aromatic carbocycles. The molecule has 0 amide bonds. The topological polar surface area (TPSA) is 51.2 Å². The van der Waals surface area contributed by atoms with Crippen LogP contribution in [0.25, 0.3) is 0 Å². The van der Waals surface area contributed by atoms with Gasteiger partial charge in [-0.3, -0.25) is 4.79 Å². The summed E-state index contributed by atoms with van der Waals surface area (Å²) < 4.78 is 18.4. The number of benzene rings is 1. The molecule has 0 saturated carbocycles. The van der Waals surface area contributed by atoms with Gasteiger partial charge < -0.3 is 10.1 Å². The average molecular weight is 272 g/mol. The molecule has 1 N–H and O–H groups in total. The first-order valence-corrected chi connectivity index (χ1v) is 5.88. The predicted molar refractivity (Wildman–Crippen MR) is 75.0 cm³/mol. The second-order valence-electron chi connectivity index (χ2n) is 3.94. The number of carbonyl (C=O) groups is 1. The van der Waals surface area contributed by atoms with Crippen LogP contribution in [-0.4, -0.2) is 17.9 Å². The van der Waals surface area contributed by atoms with Gasteiger partial charge in [0.1, 0.15) is 17.4 Å². The third kappa shape index (κ3) is 2.83. The zero-order valence-corrected chi connectivity index (χ0v) is 10.9. The van der Waals surface area contributed by atoms with Crippen molar-refractivity contribution < 1.29 is 13.9 Å². The van der Waals surface area contributed by atoms with E-state index in [4.69, 9.17) is 4.74 Å². The number of aromatic nitrogens is 1. The minimum absolute atomic E-state index is 0.268. The van der Waals surface area contributed by atoms with Crippen LogP contribution in [0.15, 0.2) is 49.2 Å². The van der Waals surface area contributed by atoms with E-state index in [-0.39, 0.29) is 5.78 Å². The van der Waals surface area contributed by atoms with Crippen LogP contribution in [0.4, 0.5) is 15.9 Å². The molecule has 0 aliphatic heterocycles. The fourth-order valence-electron chi connectivity index (χ4n) is 1.72. The second-order valence-corrected chi connectivity index (χ2v) is 3.94. The van der Waals surface area contributed by atoms with Crippen LogP contribution in [0.5, 0.6) is 5.75 Å². The molecule has 0 unspecified atom stereocenters. The number of hydrogen-bond acceptors (Lipinski definition) is 4. The monoisotopic (exact) mass is 272 g/mol. The highest BCUT2D eigenvalue weighted by Crippen LogP contribution is 2.28. The number of ketones is 1. The Balaban J connectivity index is 2.42. The molecule has 20 heavy (non-hydrogen) atoms. The van der Waals surface area contributed by atoms with Gasteiger partial charge in [0.2, 0.25) is 0 Å². The van der Waals surface area contributed by atoms with Crippen LogP contribution < -0.4 is 10.1 Å². The molecule has 2 rings (SSSR count). The minimum atomic E-state index is -0.416. The minimum Gasteiger partial charge on any atom is -0.495 e. The molecule has 0 spiro atoms. The summed E-state index contributed by atoms with van der Waals surface area (Å²) in [4.78, 5) is 15.8. The lowest BCUT2D eigenvalue weighted by Crippen LogP contribution is -2.04. The summed E-state index contributed by atoms with van der Waals surface area (Å²) in [5, 5.41) is 2.90. The van der Waals surface area contributed by atoms with E-state index in [1.807, 2.05) is 0 Å². The van der Waals surface area contributed by atoms with Crippen molar-refractivity contribution in [3.8, 4) is 5.75 Å².